The molecule has 6 heteroatoms. The van der Waals surface area contributed by atoms with Gasteiger partial charge in [0.1, 0.15) is 0 Å². The highest BCUT2D eigenvalue weighted by molar-refractivity contribution is 7.73. The van der Waals surface area contributed by atoms with Crippen LogP contribution in [0.4, 0.5) is 0 Å². The maximum atomic E-state index is 10.8. The number of nitrogens with two attached hydrogens (primary N) is 1. The Balaban J connectivity index is 3.20. The second-order valence-electron chi connectivity index (χ2n) is 3.14. The van der Waals surface area contributed by atoms with E-state index in [9.17, 15) is 13.2 Å². The molecule has 0 radical (unpaired) electrons. The minimum Gasteiger partial charge on any atom is -0.480 e. The molecule has 0 amide bonds. The molecule has 13 heavy (non-hydrogen) atoms. The minimum atomic E-state index is -2.48. The molecule has 0 aromatic heterocycles. The van der Waals surface area contributed by atoms with Crippen molar-refractivity contribution in [1.82, 2.24) is 0 Å². The zero-order valence-corrected chi connectivity index (χ0v) is 7.80. The van der Waals surface area contributed by atoms with E-state index in [1.54, 1.807) is 0 Å². The van der Waals surface area contributed by atoms with Gasteiger partial charge in [-0.05, 0) is 19.3 Å². The van der Waals surface area contributed by atoms with Crippen molar-refractivity contribution in [3.05, 3.63) is 0 Å². The van der Waals surface area contributed by atoms with E-state index < -0.39 is 21.8 Å². The van der Waals surface area contributed by atoms with Crippen LogP contribution >= 0.6 is 0 Å². The lowest BCUT2D eigenvalue weighted by Crippen LogP contribution is -2.56. The summed E-state index contributed by atoms with van der Waals surface area (Å²) in [6.45, 7) is 0. The molecule has 1 atom stereocenters. The quantitative estimate of drug-likeness (QED) is 0.557. The molecule has 0 spiro atoms. The molecule has 1 unspecified atom stereocenters. The van der Waals surface area contributed by atoms with Crippen molar-refractivity contribution in [3.8, 4) is 0 Å². The first-order valence-corrected chi connectivity index (χ1v) is 5.04. The van der Waals surface area contributed by atoms with E-state index in [2.05, 4.69) is 0 Å². The predicted octanol–water partition coefficient (Wildman–Crippen LogP) is -0.606. The molecule has 1 saturated carbocycles. The molecule has 0 saturated heterocycles. The summed E-state index contributed by atoms with van der Waals surface area (Å²) in [4.78, 5) is 10.7. The van der Waals surface area contributed by atoms with Gasteiger partial charge in [-0.2, -0.15) is 8.42 Å². The Bertz CT molecular complexity index is 351. The largest absolute Gasteiger partial charge is 0.480 e. The van der Waals surface area contributed by atoms with Gasteiger partial charge in [-0.25, -0.2) is 4.79 Å². The van der Waals surface area contributed by atoms with Gasteiger partial charge in [0.25, 0.3) is 0 Å². The SMILES string of the molecule is NC1(C(=O)O)CCCCC1=S(=O)=O. The van der Waals surface area contributed by atoms with Gasteiger partial charge in [-0.1, -0.05) is 6.42 Å². The Morgan fingerprint density at radius 1 is 1.46 bits per heavy atom. The third-order valence-corrected chi connectivity index (χ3v) is 3.28. The van der Waals surface area contributed by atoms with Gasteiger partial charge in [0.2, 0.25) is 10.3 Å². The van der Waals surface area contributed by atoms with Gasteiger partial charge >= 0.3 is 5.97 Å². The van der Waals surface area contributed by atoms with Crippen LogP contribution in [0.25, 0.3) is 0 Å². The van der Waals surface area contributed by atoms with Gasteiger partial charge in [0.15, 0.2) is 5.54 Å². The van der Waals surface area contributed by atoms with Gasteiger partial charge < -0.3 is 10.8 Å². The van der Waals surface area contributed by atoms with E-state index >= 15 is 0 Å². The Labute approximate surface area is 77.1 Å². The number of hydrogen-bond acceptors (Lipinski definition) is 4. The molecule has 0 aliphatic heterocycles. The second kappa shape index (κ2) is 3.47. The van der Waals surface area contributed by atoms with Crippen molar-refractivity contribution in [2.45, 2.75) is 31.2 Å². The molecular weight excluding hydrogens is 194 g/mol. The Kier molecular flexibility index (Phi) is 2.72. The topological polar surface area (TPSA) is 97.5 Å². The molecule has 1 rings (SSSR count). The fraction of sp³-hybridized carbons (Fsp3) is 0.714. The van der Waals surface area contributed by atoms with Crippen molar-refractivity contribution >= 4 is 21.1 Å². The number of aliphatic carboxylic acids is 1. The molecule has 0 bridgehead atoms. The van der Waals surface area contributed by atoms with E-state index in [1.807, 2.05) is 0 Å². The minimum absolute atomic E-state index is 0.0775. The van der Waals surface area contributed by atoms with Crippen LogP contribution in [0.1, 0.15) is 25.7 Å². The lowest BCUT2D eigenvalue weighted by molar-refractivity contribution is -0.141. The first-order chi connectivity index (χ1) is 5.98. The number of rotatable bonds is 1. The normalized spacial score (nSPS) is 28.5. The van der Waals surface area contributed by atoms with Gasteiger partial charge in [0.05, 0.1) is 4.86 Å². The molecular formula is C7H11NO4S. The molecule has 3 N–H and O–H groups in total. The van der Waals surface area contributed by atoms with Crippen LogP contribution in [0, 0.1) is 0 Å². The molecule has 0 aromatic rings. The van der Waals surface area contributed by atoms with Crippen LogP contribution in [0.5, 0.6) is 0 Å². The van der Waals surface area contributed by atoms with Crippen LogP contribution in [-0.4, -0.2) is 29.9 Å². The predicted molar refractivity (Wildman–Crippen MR) is 46.9 cm³/mol. The van der Waals surface area contributed by atoms with Crippen LogP contribution in [0.3, 0.4) is 0 Å². The third-order valence-electron chi connectivity index (χ3n) is 2.31. The van der Waals surface area contributed by atoms with Crippen molar-refractivity contribution < 1.29 is 18.3 Å². The van der Waals surface area contributed by atoms with Crippen LogP contribution in [0.2, 0.25) is 0 Å². The summed E-state index contributed by atoms with van der Waals surface area (Å²) in [6.07, 6.45) is 1.81. The van der Waals surface area contributed by atoms with Gasteiger partial charge in [-0.15, -0.1) is 0 Å². The summed E-state index contributed by atoms with van der Waals surface area (Å²) < 4.78 is 21.4. The highest BCUT2D eigenvalue weighted by Gasteiger charge is 2.42. The standard InChI is InChI=1S/C7H11NO4S/c8-7(6(9)10)4-2-1-3-5(7)13(11)12/h1-4,8H2,(H,9,10). The van der Waals surface area contributed by atoms with Crippen LogP contribution in [-0.2, 0) is 15.1 Å². The Morgan fingerprint density at radius 2 is 2.08 bits per heavy atom. The molecule has 1 aliphatic carbocycles. The van der Waals surface area contributed by atoms with Crippen LogP contribution in [0.15, 0.2) is 0 Å². The highest BCUT2D eigenvalue weighted by Crippen LogP contribution is 2.23. The van der Waals surface area contributed by atoms with Gasteiger partial charge in [0, 0.05) is 0 Å². The van der Waals surface area contributed by atoms with Crippen molar-refractivity contribution in [1.29, 1.82) is 0 Å². The Hall–Kier alpha value is -0.880. The molecule has 74 valence electrons. The number of hydrogen-bond donors (Lipinski definition) is 2. The Morgan fingerprint density at radius 3 is 2.46 bits per heavy atom. The summed E-state index contributed by atoms with van der Waals surface area (Å²) in [5.41, 5.74) is 3.86. The highest BCUT2D eigenvalue weighted by atomic mass is 32.2. The van der Waals surface area contributed by atoms with Crippen molar-refractivity contribution in [3.63, 3.8) is 0 Å². The van der Waals surface area contributed by atoms with Crippen molar-refractivity contribution in [2.75, 3.05) is 0 Å². The molecule has 5 nitrogen and oxygen atoms in total. The zero-order chi connectivity index (χ0) is 10.1. The summed E-state index contributed by atoms with van der Waals surface area (Å²) >= 11 is 0. The third kappa shape index (κ3) is 1.73. The monoisotopic (exact) mass is 205 g/mol. The molecule has 0 heterocycles. The van der Waals surface area contributed by atoms with Crippen LogP contribution < -0.4 is 5.73 Å². The van der Waals surface area contributed by atoms with Crippen molar-refractivity contribution in [2.24, 2.45) is 5.73 Å². The lowest BCUT2D eigenvalue weighted by atomic mass is 9.82. The second-order valence-corrected chi connectivity index (χ2v) is 4.10. The number of carboxylic acids is 1. The van der Waals surface area contributed by atoms with E-state index in [0.29, 0.717) is 12.8 Å². The average Bonchev–Trinajstić information content (AvgIpc) is 2.04. The fourth-order valence-corrected chi connectivity index (χ4v) is 2.31. The summed E-state index contributed by atoms with van der Waals surface area (Å²) in [6, 6.07) is 0. The maximum Gasteiger partial charge on any atom is 0.329 e. The van der Waals surface area contributed by atoms with E-state index in [0.717, 1.165) is 0 Å². The van der Waals surface area contributed by atoms with E-state index in [-0.39, 0.29) is 17.7 Å². The first kappa shape index (κ1) is 10.2. The van der Waals surface area contributed by atoms with E-state index in [4.69, 9.17) is 10.8 Å². The summed E-state index contributed by atoms with van der Waals surface area (Å²) in [7, 11) is -2.48. The number of carboxylic acid groups (broad SMARTS) is 1. The zero-order valence-electron chi connectivity index (χ0n) is 6.99. The fourth-order valence-electron chi connectivity index (χ4n) is 1.51. The summed E-state index contributed by atoms with van der Waals surface area (Å²) in [5.74, 6) is -1.26. The summed E-state index contributed by atoms with van der Waals surface area (Å²) in [5, 5.41) is 8.80. The molecule has 1 fully saturated rings. The van der Waals surface area contributed by atoms with Gasteiger partial charge in [-0.3, -0.25) is 0 Å². The molecule has 1 aliphatic rings. The maximum absolute atomic E-state index is 10.8. The lowest BCUT2D eigenvalue weighted by Gasteiger charge is -2.28. The van der Waals surface area contributed by atoms with E-state index in [1.165, 1.54) is 0 Å². The first-order valence-electron chi connectivity index (χ1n) is 3.96. The average molecular weight is 205 g/mol. The smallest absolute Gasteiger partial charge is 0.329 e. The molecule has 0 aromatic carbocycles. The number of carbonyl (C=O) groups is 1.